The van der Waals surface area contributed by atoms with E-state index in [-0.39, 0.29) is 40.8 Å². The van der Waals surface area contributed by atoms with Gasteiger partial charge in [-0.3, -0.25) is 4.79 Å². The Morgan fingerprint density at radius 1 is 1.04 bits per heavy atom. The minimum absolute atomic E-state index is 0.0374. The predicted octanol–water partition coefficient (Wildman–Crippen LogP) is 2.91. The number of hydrogen-bond donors (Lipinski definition) is 1. The first-order chi connectivity index (χ1) is 12.1. The highest BCUT2D eigenvalue weighted by Gasteiger charge is 2.22. The minimum atomic E-state index is -0.395. The van der Waals surface area contributed by atoms with Crippen molar-refractivity contribution in [1.29, 1.82) is 0 Å². The topological polar surface area (TPSA) is 87.4 Å². The molecule has 7 heteroatoms. The molecule has 1 aliphatic rings. The van der Waals surface area contributed by atoms with Gasteiger partial charge in [-0.2, -0.15) is 0 Å². The van der Waals surface area contributed by atoms with Crippen LogP contribution in [0, 0.1) is 0 Å². The Bertz CT molecular complexity index is 1040. The summed E-state index contributed by atoms with van der Waals surface area (Å²) >= 11 is 0. The van der Waals surface area contributed by atoms with Crippen LogP contribution < -0.4 is 24.4 Å². The van der Waals surface area contributed by atoms with Crippen LogP contribution in [0.5, 0.6) is 28.7 Å². The molecule has 0 saturated carbocycles. The lowest BCUT2D eigenvalue weighted by Crippen LogP contribution is -2.08. The molecule has 0 fully saturated rings. The molecule has 1 aromatic heterocycles. The van der Waals surface area contributed by atoms with Gasteiger partial charge >= 0.3 is 0 Å². The second-order valence-corrected chi connectivity index (χ2v) is 5.38. The molecule has 0 bridgehead atoms. The van der Waals surface area contributed by atoms with E-state index in [4.69, 9.17) is 23.4 Å². The summed E-state index contributed by atoms with van der Waals surface area (Å²) in [6.07, 6.45) is 0. The monoisotopic (exact) mass is 342 g/mol. The smallest absolute Gasteiger partial charge is 0.239 e. The van der Waals surface area contributed by atoms with Crippen LogP contribution in [0.1, 0.15) is 0 Å². The number of rotatable bonds is 3. The highest BCUT2D eigenvalue weighted by atomic mass is 16.7. The van der Waals surface area contributed by atoms with E-state index in [1.807, 2.05) is 0 Å². The maximum absolute atomic E-state index is 12.9. The van der Waals surface area contributed by atoms with E-state index in [1.54, 1.807) is 18.2 Å². The van der Waals surface area contributed by atoms with Crippen LogP contribution in [0.4, 0.5) is 0 Å². The lowest BCUT2D eigenvalue weighted by atomic mass is 10.1. The number of benzene rings is 2. The van der Waals surface area contributed by atoms with Crippen molar-refractivity contribution in [2.45, 2.75) is 0 Å². The molecule has 0 spiro atoms. The fourth-order valence-corrected chi connectivity index (χ4v) is 2.83. The van der Waals surface area contributed by atoms with Gasteiger partial charge in [0.1, 0.15) is 22.5 Å². The van der Waals surface area contributed by atoms with Gasteiger partial charge in [0.15, 0.2) is 17.3 Å². The van der Waals surface area contributed by atoms with Gasteiger partial charge in [-0.25, -0.2) is 0 Å². The van der Waals surface area contributed by atoms with Crippen molar-refractivity contribution in [3.63, 3.8) is 0 Å². The molecule has 7 nitrogen and oxygen atoms in total. The third-order valence-electron chi connectivity index (χ3n) is 3.96. The molecule has 0 unspecified atom stereocenters. The van der Waals surface area contributed by atoms with Gasteiger partial charge in [-0.15, -0.1) is 0 Å². The summed E-state index contributed by atoms with van der Waals surface area (Å²) in [7, 11) is 2.80. The molecule has 2 heterocycles. The lowest BCUT2D eigenvalue weighted by Gasteiger charge is -2.11. The van der Waals surface area contributed by atoms with Crippen LogP contribution in [-0.2, 0) is 0 Å². The Labute approximate surface area is 141 Å². The summed E-state index contributed by atoms with van der Waals surface area (Å²) in [6.45, 7) is 0.142. The molecule has 0 amide bonds. The number of aromatic hydroxyl groups is 1. The first kappa shape index (κ1) is 15.2. The van der Waals surface area contributed by atoms with E-state index in [1.165, 1.54) is 26.4 Å². The lowest BCUT2D eigenvalue weighted by molar-refractivity contribution is 0.174. The van der Waals surface area contributed by atoms with Crippen LogP contribution in [0.25, 0.3) is 22.3 Å². The Hall–Kier alpha value is -3.35. The van der Waals surface area contributed by atoms with E-state index in [0.29, 0.717) is 17.1 Å². The number of methoxy groups -OCH3 is 2. The van der Waals surface area contributed by atoms with E-state index in [2.05, 4.69) is 0 Å². The predicted molar refractivity (Wildman–Crippen MR) is 88.8 cm³/mol. The number of phenols is 1. The van der Waals surface area contributed by atoms with Gasteiger partial charge < -0.3 is 28.5 Å². The van der Waals surface area contributed by atoms with Crippen LogP contribution in [-0.4, -0.2) is 26.1 Å². The molecule has 0 atom stereocenters. The standard InChI is InChI=1S/C18H14O7/c1-21-13-6-10(19)7-14-15(13)16(20)18(22-2)17(25-14)9-3-4-11-12(5-9)24-8-23-11/h3-7,19H,8H2,1-2H3. The maximum Gasteiger partial charge on any atom is 0.239 e. The number of phenolic OH excluding ortho intramolecular Hbond substituents is 1. The summed E-state index contributed by atoms with van der Waals surface area (Å²) in [5, 5.41) is 10.0. The van der Waals surface area contributed by atoms with Gasteiger partial charge in [0, 0.05) is 17.7 Å². The van der Waals surface area contributed by atoms with Gasteiger partial charge in [-0.05, 0) is 18.2 Å². The van der Waals surface area contributed by atoms with E-state index < -0.39 is 5.43 Å². The average Bonchev–Trinajstić information content (AvgIpc) is 3.08. The van der Waals surface area contributed by atoms with Gasteiger partial charge in [0.25, 0.3) is 0 Å². The maximum atomic E-state index is 12.9. The number of hydrogen-bond acceptors (Lipinski definition) is 7. The number of ether oxygens (including phenoxy) is 4. The molecule has 128 valence electrons. The Kier molecular flexibility index (Phi) is 3.42. The third-order valence-corrected chi connectivity index (χ3v) is 3.96. The fourth-order valence-electron chi connectivity index (χ4n) is 2.83. The van der Waals surface area contributed by atoms with Crippen molar-refractivity contribution >= 4 is 11.0 Å². The van der Waals surface area contributed by atoms with Crippen molar-refractivity contribution in [2.24, 2.45) is 0 Å². The van der Waals surface area contributed by atoms with Crippen molar-refractivity contribution in [1.82, 2.24) is 0 Å². The van der Waals surface area contributed by atoms with E-state index in [0.717, 1.165) is 0 Å². The molecule has 25 heavy (non-hydrogen) atoms. The molecule has 4 rings (SSSR count). The minimum Gasteiger partial charge on any atom is -0.508 e. The fraction of sp³-hybridized carbons (Fsp3) is 0.167. The second kappa shape index (κ2) is 5.62. The second-order valence-electron chi connectivity index (χ2n) is 5.38. The molecule has 1 N–H and O–H groups in total. The van der Waals surface area contributed by atoms with Crippen molar-refractivity contribution in [3.05, 3.63) is 40.6 Å². The van der Waals surface area contributed by atoms with Crippen LogP contribution >= 0.6 is 0 Å². The Morgan fingerprint density at radius 3 is 2.60 bits per heavy atom. The SMILES string of the molecule is COc1c(-c2ccc3c(c2)OCO3)oc2cc(O)cc(OC)c2c1=O. The average molecular weight is 342 g/mol. The summed E-state index contributed by atoms with van der Waals surface area (Å²) in [5.41, 5.74) is 0.381. The van der Waals surface area contributed by atoms with Crippen LogP contribution in [0.15, 0.2) is 39.5 Å². The summed E-state index contributed by atoms with van der Waals surface area (Å²) in [4.78, 5) is 12.9. The molecule has 3 aromatic rings. The van der Waals surface area contributed by atoms with Gasteiger partial charge in [0.2, 0.25) is 18.0 Å². The van der Waals surface area contributed by atoms with Crippen molar-refractivity contribution in [3.8, 4) is 40.1 Å². The quantitative estimate of drug-likeness (QED) is 0.783. The molecule has 0 saturated heterocycles. The van der Waals surface area contributed by atoms with Crippen molar-refractivity contribution < 1.29 is 28.5 Å². The molecule has 1 aliphatic heterocycles. The Morgan fingerprint density at radius 2 is 1.84 bits per heavy atom. The highest BCUT2D eigenvalue weighted by Crippen LogP contribution is 2.40. The van der Waals surface area contributed by atoms with E-state index >= 15 is 0 Å². The molecule has 2 aromatic carbocycles. The zero-order valence-electron chi connectivity index (χ0n) is 13.5. The van der Waals surface area contributed by atoms with E-state index in [9.17, 15) is 9.90 Å². The van der Waals surface area contributed by atoms with Gasteiger partial charge in [0.05, 0.1) is 14.2 Å². The zero-order valence-corrected chi connectivity index (χ0v) is 13.5. The summed E-state index contributed by atoms with van der Waals surface area (Å²) < 4.78 is 27.0. The van der Waals surface area contributed by atoms with Crippen molar-refractivity contribution in [2.75, 3.05) is 21.0 Å². The van der Waals surface area contributed by atoms with Crippen LogP contribution in [0.3, 0.4) is 0 Å². The van der Waals surface area contributed by atoms with Crippen LogP contribution in [0.2, 0.25) is 0 Å². The first-order valence-electron chi connectivity index (χ1n) is 7.44. The highest BCUT2D eigenvalue weighted by molar-refractivity contribution is 5.88. The molecular formula is C18H14O7. The molecular weight excluding hydrogens is 328 g/mol. The zero-order chi connectivity index (χ0) is 17.6. The first-order valence-corrected chi connectivity index (χ1v) is 7.44. The summed E-state index contributed by atoms with van der Waals surface area (Å²) in [5.74, 6) is 1.57. The molecule has 0 radical (unpaired) electrons. The largest absolute Gasteiger partial charge is 0.508 e. The Balaban J connectivity index is 2.03. The normalized spacial score (nSPS) is 12.4. The third kappa shape index (κ3) is 2.32. The number of fused-ring (bicyclic) bond motifs is 2. The molecule has 0 aliphatic carbocycles. The van der Waals surface area contributed by atoms with Gasteiger partial charge in [-0.1, -0.05) is 0 Å². The summed E-state index contributed by atoms with van der Waals surface area (Å²) in [6, 6.07) is 7.87.